The first-order valence-electron chi connectivity index (χ1n) is 6.03. The third-order valence-corrected chi connectivity index (χ3v) is 2.98. The Kier molecular flexibility index (Phi) is 5.04. The molecule has 0 aliphatic carbocycles. The van der Waals surface area contributed by atoms with E-state index in [1.807, 2.05) is 12.1 Å². The van der Waals surface area contributed by atoms with Crippen molar-refractivity contribution in [3.05, 3.63) is 23.4 Å². The first kappa shape index (κ1) is 12.6. The summed E-state index contributed by atoms with van der Waals surface area (Å²) < 4.78 is 5.54. The van der Waals surface area contributed by atoms with Gasteiger partial charge in [-0.2, -0.15) is 0 Å². The van der Waals surface area contributed by atoms with Gasteiger partial charge in [-0.1, -0.05) is 17.7 Å². The van der Waals surface area contributed by atoms with Crippen LogP contribution in [-0.4, -0.2) is 49.2 Å². The molecule has 1 aliphatic heterocycles. The predicted molar refractivity (Wildman–Crippen MR) is 68.7 cm³/mol. The molecule has 1 aromatic rings. The van der Waals surface area contributed by atoms with E-state index in [9.17, 15) is 0 Å². The van der Waals surface area contributed by atoms with Crippen LogP contribution in [0.1, 0.15) is 6.42 Å². The van der Waals surface area contributed by atoms with E-state index in [0.29, 0.717) is 17.6 Å². The van der Waals surface area contributed by atoms with Crippen molar-refractivity contribution in [1.82, 2.24) is 15.2 Å². The van der Waals surface area contributed by atoms with E-state index < -0.39 is 0 Å². The number of nitrogens with zero attached hydrogens (tertiary/aromatic N) is 2. The number of aromatic nitrogens is 1. The zero-order valence-corrected chi connectivity index (χ0v) is 10.6. The molecule has 0 atom stereocenters. The molecule has 0 unspecified atom stereocenters. The molecule has 4 nitrogen and oxygen atoms in total. The summed E-state index contributed by atoms with van der Waals surface area (Å²) in [6, 6.07) is 5.42. The summed E-state index contributed by atoms with van der Waals surface area (Å²) in [6.45, 7) is 6.23. The van der Waals surface area contributed by atoms with Gasteiger partial charge >= 0.3 is 0 Å². The first-order valence-corrected chi connectivity index (χ1v) is 6.41. The predicted octanol–water partition coefficient (Wildman–Crippen LogP) is 1.41. The second-order valence-electron chi connectivity index (χ2n) is 4.09. The van der Waals surface area contributed by atoms with E-state index in [1.165, 1.54) is 0 Å². The molecule has 0 radical (unpaired) electrons. The van der Waals surface area contributed by atoms with E-state index in [1.54, 1.807) is 6.07 Å². The van der Waals surface area contributed by atoms with Crippen LogP contribution >= 0.6 is 11.6 Å². The number of hydrogen-bond donors (Lipinski definition) is 1. The molecule has 94 valence electrons. The molecule has 5 heteroatoms. The Balaban J connectivity index is 1.62. The van der Waals surface area contributed by atoms with Gasteiger partial charge in [0.15, 0.2) is 0 Å². The topological polar surface area (TPSA) is 37.4 Å². The van der Waals surface area contributed by atoms with Crippen LogP contribution in [0.4, 0.5) is 0 Å². The maximum absolute atomic E-state index is 5.77. The highest BCUT2D eigenvalue weighted by atomic mass is 35.5. The minimum atomic E-state index is 0.476. The van der Waals surface area contributed by atoms with E-state index in [2.05, 4.69) is 15.2 Å². The van der Waals surface area contributed by atoms with Gasteiger partial charge in [-0.05, 0) is 12.5 Å². The second kappa shape index (κ2) is 6.79. The molecule has 0 aromatic carbocycles. The summed E-state index contributed by atoms with van der Waals surface area (Å²) in [4.78, 5) is 6.53. The van der Waals surface area contributed by atoms with Crippen molar-refractivity contribution in [2.45, 2.75) is 6.42 Å². The highest BCUT2D eigenvalue weighted by Crippen LogP contribution is 2.11. The molecule has 17 heavy (non-hydrogen) atoms. The molecule has 1 aromatic heterocycles. The minimum Gasteiger partial charge on any atom is -0.478 e. The lowest BCUT2D eigenvalue weighted by molar-refractivity contribution is 0.211. The van der Waals surface area contributed by atoms with Crippen molar-refractivity contribution >= 4 is 11.6 Å². The van der Waals surface area contributed by atoms with Gasteiger partial charge in [0, 0.05) is 38.8 Å². The monoisotopic (exact) mass is 255 g/mol. The van der Waals surface area contributed by atoms with Crippen LogP contribution in [0.3, 0.4) is 0 Å². The summed E-state index contributed by atoms with van der Waals surface area (Å²) in [6.07, 6.45) is 1.02. The fourth-order valence-corrected chi connectivity index (χ4v) is 2.03. The third kappa shape index (κ3) is 4.50. The van der Waals surface area contributed by atoms with Crippen LogP contribution in [0.2, 0.25) is 5.15 Å². The van der Waals surface area contributed by atoms with Crippen molar-refractivity contribution in [1.29, 1.82) is 0 Å². The maximum atomic E-state index is 5.77. The average molecular weight is 256 g/mol. The second-order valence-corrected chi connectivity index (χ2v) is 4.48. The number of pyridine rings is 1. The summed E-state index contributed by atoms with van der Waals surface area (Å²) in [5.41, 5.74) is 0. The molecule has 1 saturated heterocycles. The molecule has 2 rings (SSSR count). The van der Waals surface area contributed by atoms with Gasteiger partial charge in [-0.3, -0.25) is 0 Å². The van der Waals surface area contributed by atoms with E-state index in [0.717, 1.165) is 39.1 Å². The Hall–Kier alpha value is -0.840. The number of halogens is 1. The third-order valence-electron chi connectivity index (χ3n) is 2.77. The Morgan fingerprint density at radius 2 is 2.18 bits per heavy atom. The van der Waals surface area contributed by atoms with Gasteiger partial charge in [0.25, 0.3) is 0 Å². The smallest absolute Gasteiger partial charge is 0.214 e. The van der Waals surface area contributed by atoms with Gasteiger partial charge in [-0.15, -0.1) is 0 Å². The van der Waals surface area contributed by atoms with E-state index in [-0.39, 0.29) is 0 Å². The lowest BCUT2D eigenvalue weighted by Gasteiger charge is -2.26. The Bertz CT molecular complexity index is 342. The van der Waals surface area contributed by atoms with Gasteiger partial charge in [0.2, 0.25) is 5.88 Å². The summed E-state index contributed by atoms with van der Waals surface area (Å²) in [5.74, 6) is 0.609. The largest absolute Gasteiger partial charge is 0.478 e. The fraction of sp³-hybridized carbons (Fsp3) is 0.583. The molecule has 1 N–H and O–H groups in total. The number of rotatable bonds is 5. The lowest BCUT2D eigenvalue weighted by Crippen LogP contribution is -2.43. The zero-order valence-electron chi connectivity index (χ0n) is 9.86. The molecular weight excluding hydrogens is 238 g/mol. The molecule has 0 spiro atoms. The van der Waals surface area contributed by atoms with Gasteiger partial charge in [-0.25, -0.2) is 4.98 Å². The van der Waals surface area contributed by atoms with Crippen LogP contribution in [0.15, 0.2) is 18.2 Å². The summed E-state index contributed by atoms with van der Waals surface area (Å²) in [7, 11) is 0. The Labute approximate surface area is 107 Å². The molecule has 2 heterocycles. The van der Waals surface area contributed by atoms with Crippen LogP contribution in [0.25, 0.3) is 0 Å². The normalized spacial score (nSPS) is 17.0. The number of nitrogens with one attached hydrogen (secondary N) is 1. The van der Waals surface area contributed by atoms with Crippen molar-refractivity contribution < 1.29 is 4.74 Å². The summed E-state index contributed by atoms with van der Waals surface area (Å²) in [5, 5.41) is 3.82. The quantitative estimate of drug-likeness (QED) is 0.638. The van der Waals surface area contributed by atoms with Crippen molar-refractivity contribution in [3.63, 3.8) is 0 Å². The van der Waals surface area contributed by atoms with Gasteiger partial charge in [0.05, 0.1) is 6.61 Å². The van der Waals surface area contributed by atoms with E-state index in [4.69, 9.17) is 16.3 Å². The lowest BCUT2D eigenvalue weighted by atomic mass is 10.3. The highest BCUT2D eigenvalue weighted by Gasteiger charge is 2.08. The van der Waals surface area contributed by atoms with Gasteiger partial charge < -0.3 is 15.0 Å². The van der Waals surface area contributed by atoms with Crippen molar-refractivity contribution in [2.24, 2.45) is 0 Å². The fourth-order valence-electron chi connectivity index (χ4n) is 1.87. The summed E-state index contributed by atoms with van der Waals surface area (Å²) >= 11 is 5.77. The maximum Gasteiger partial charge on any atom is 0.214 e. The van der Waals surface area contributed by atoms with Gasteiger partial charge in [0.1, 0.15) is 5.15 Å². The molecular formula is C12H18ClN3O. The van der Waals surface area contributed by atoms with Crippen LogP contribution in [-0.2, 0) is 0 Å². The number of hydrogen-bond acceptors (Lipinski definition) is 4. The van der Waals surface area contributed by atoms with Crippen LogP contribution in [0.5, 0.6) is 5.88 Å². The number of ether oxygens (including phenoxy) is 1. The first-order chi connectivity index (χ1) is 8.34. The molecule has 1 aliphatic rings. The average Bonchev–Trinajstić information content (AvgIpc) is 2.36. The minimum absolute atomic E-state index is 0.476. The molecule has 0 bridgehead atoms. The SMILES string of the molecule is Clc1cccc(OCCCN2CCNCC2)n1. The van der Waals surface area contributed by atoms with Crippen LogP contribution < -0.4 is 10.1 Å². The molecule has 0 amide bonds. The highest BCUT2D eigenvalue weighted by molar-refractivity contribution is 6.29. The Morgan fingerprint density at radius 1 is 1.35 bits per heavy atom. The number of piperazine rings is 1. The Morgan fingerprint density at radius 3 is 2.94 bits per heavy atom. The molecule has 1 fully saturated rings. The van der Waals surface area contributed by atoms with Crippen LogP contribution in [0, 0.1) is 0 Å². The van der Waals surface area contributed by atoms with Crippen molar-refractivity contribution in [3.8, 4) is 5.88 Å². The van der Waals surface area contributed by atoms with Crippen molar-refractivity contribution in [2.75, 3.05) is 39.3 Å². The standard InChI is InChI=1S/C12H18ClN3O/c13-11-3-1-4-12(15-11)17-10-2-7-16-8-5-14-6-9-16/h1,3-4,14H,2,5-10H2. The zero-order chi connectivity index (χ0) is 11.9. The molecule has 0 saturated carbocycles. The van der Waals surface area contributed by atoms with E-state index >= 15 is 0 Å².